The van der Waals surface area contributed by atoms with Crippen LogP contribution >= 0.6 is 0 Å². The molecule has 2 atom stereocenters. The molecule has 1 rings (SSSR count). The summed E-state index contributed by atoms with van der Waals surface area (Å²) in [7, 11) is 2.01. The Morgan fingerprint density at radius 1 is 1.29 bits per heavy atom. The third-order valence-electron chi connectivity index (χ3n) is 3.60. The highest BCUT2D eigenvalue weighted by Gasteiger charge is 2.32. The van der Waals surface area contributed by atoms with Crippen LogP contribution in [0.4, 0.5) is 0 Å². The predicted molar refractivity (Wildman–Crippen MR) is 67.9 cm³/mol. The highest BCUT2D eigenvalue weighted by molar-refractivity contribution is 5.52. The lowest BCUT2D eigenvalue weighted by Crippen LogP contribution is -2.40. The second-order valence-corrected chi connectivity index (χ2v) is 4.43. The summed E-state index contributed by atoms with van der Waals surface area (Å²) >= 11 is 0. The van der Waals surface area contributed by atoms with Gasteiger partial charge in [-0.2, -0.15) is 10.5 Å². The van der Waals surface area contributed by atoms with Gasteiger partial charge in [-0.25, -0.2) is 0 Å². The Kier molecular flexibility index (Phi) is 4.49. The molecule has 0 aromatic rings. The van der Waals surface area contributed by atoms with Crippen LogP contribution in [0.5, 0.6) is 0 Å². The minimum absolute atomic E-state index is 0.0413. The second kappa shape index (κ2) is 5.66. The van der Waals surface area contributed by atoms with E-state index in [2.05, 4.69) is 37.8 Å². The molecule has 0 saturated heterocycles. The summed E-state index contributed by atoms with van der Waals surface area (Å²) in [5.41, 5.74) is 2.40. The Hall–Kier alpha value is -1.58. The van der Waals surface area contributed by atoms with Gasteiger partial charge in [0, 0.05) is 0 Å². The number of likely N-dealkylation sites (N-methyl/N-ethyl adjacent to an activating group) is 1. The summed E-state index contributed by atoms with van der Waals surface area (Å²) in [4.78, 5) is 2.14. The van der Waals surface area contributed by atoms with Gasteiger partial charge >= 0.3 is 0 Å². The Morgan fingerprint density at radius 3 is 2.35 bits per heavy atom. The molecule has 0 spiro atoms. The molecule has 0 N–H and O–H groups in total. The van der Waals surface area contributed by atoms with E-state index >= 15 is 0 Å². The highest BCUT2D eigenvalue weighted by Crippen LogP contribution is 2.33. The molecule has 0 aliphatic heterocycles. The SMILES string of the molecule is CCC1=CC(C#N)=C(C#N)[C@H](N(C)CC)C1C. The zero-order chi connectivity index (χ0) is 13.0. The van der Waals surface area contributed by atoms with Gasteiger partial charge in [0.15, 0.2) is 0 Å². The van der Waals surface area contributed by atoms with Gasteiger partial charge in [0.05, 0.1) is 23.3 Å². The van der Waals surface area contributed by atoms with E-state index < -0.39 is 0 Å². The molecule has 0 aromatic heterocycles. The van der Waals surface area contributed by atoms with Gasteiger partial charge in [-0.05, 0) is 32.0 Å². The third-order valence-corrected chi connectivity index (χ3v) is 3.60. The van der Waals surface area contributed by atoms with Gasteiger partial charge in [0.2, 0.25) is 0 Å². The van der Waals surface area contributed by atoms with Crippen LogP contribution < -0.4 is 0 Å². The van der Waals surface area contributed by atoms with Crippen LogP contribution in [0.1, 0.15) is 27.2 Å². The first-order valence-electron chi connectivity index (χ1n) is 6.05. The van der Waals surface area contributed by atoms with Crippen LogP contribution in [0.15, 0.2) is 22.8 Å². The molecule has 1 aliphatic rings. The van der Waals surface area contributed by atoms with E-state index in [1.165, 1.54) is 5.57 Å². The number of allylic oxidation sites excluding steroid dienone is 2. The van der Waals surface area contributed by atoms with E-state index in [-0.39, 0.29) is 6.04 Å². The van der Waals surface area contributed by atoms with Crippen LogP contribution in [0, 0.1) is 28.6 Å². The summed E-state index contributed by atoms with van der Waals surface area (Å²) in [6, 6.07) is 4.41. The Morgan fingerprint density at radius 2 is 1.94 bits per heavy atom. The zero-order valence-corrected chi connectivity index (χ0v) is 11.0. The topological polar surface area (TPSA) is 50.8 Å². The van der Waals surface area contributed by atoms with Crippen LogP contribution in [0.25, 0.3) is 0 Å². The Balaban J connectivity index is 3.31. The molecule has 0 radical (unpaired) electrons. The van der Waals surface area contributed by atoms with Gasteiger partial charge in [-0.3, -0.25) is 4.90 Å². The van der Waals surface area contributed by atoms with Gasteiger partial charge in [0.1, 0.15) is 6.07 Å². The molecule has 3 heteroatoms. The zero-order valence-electron chi connectivity index (χ0n) is 11.0. The molecule has 1 aliphatic carbocycles. The molecule has 0 amide bonds. The van der Waals surface area contributed by atoms with Crippen molar-refractivity contribution in [2.75, 3.05) is 13.6 Å². The van der Waals surface area contributed by atoms with E-state index in [0.29, 0.717) is 17.1 Å². The summed E-state index contributed by atoms with van der Waals surface area (Å²) < 4.78 is 0. The maximum absolute atomic E-state index is 9.27. The third kappa shape index (κ3) is 2.40. The van der Waals surface area contributed by atoms with Gasteiger partial charge in [-0.1, -0.05) is 26.3 Å². The second-order valence-electron chi connectivity index (χ2n) is 4.43. The molecule has 0 bridgehead atoms. The van der Waals surface area contributed by atoms with Crippen molar-refractivity contribution in [3.8, 4) is 12.1 Å². The van der Waals surface area contributed by atoms with E-state index in [4.69, 9.17) is 5.26 Å². The molecule has 0 saturated carbocycles. The number of hydrogen-bond acceptors (Lipinski definition) is 3. The Bertz CT molecular complexity index is 431. The highest BCUT2D eigenvalue weighted by atomic mass is 15.1. The number of nitrogens with zero attached hydrogens (tertiary/aromatic N) is 3. The van der Waals surface area contributed by atoms with Crippen LogP contribution in [0.2, 0.25) is 0 Å². The van der Waals surface area contributed by atoms with E-state index in [1.54, 1.807) is 0 Å². The quantitative estimate of drug-likeness (QED) is 0.747. The largest absolute Gasteiger partial charge is 0.298 e. The molecule has 90 valence electrons. The van der Waals surface area contributed by atoms with Crippen molar-refractivity contribution in [2.24, 2.45) is 5.92 Å². The lowest BCUT2D eigenvalue weighted by atomic mass is 9.79. The van der Waals surface area contributed by atoms with Crippen molar-refractivity contribution in [1.82, 2.24) is 4.90 Å². The molecule has 1 unspecified atom stereocenters. The van der Waals surface area contributed by atoms with Gasteiger partial charge in [-0.15, -0.1) is 0 Å². The fourth-order valence-electron chi connectivity index (χ4n) is 2.45. The summed E-state index contributed by atoms with van der Waals surface area (Å²) in [5, 5.41) is 18.4. The normalized spacial score (nSPS) is 24.3. The van der Waals surface area contributed by atoms with Crippen molar-refractivity contribution in [1.29, 1.82) is 10.5 Å². The average molecular weight is 229 g/mol. The molecular weight excluding hydrogens is 210 g/mol. The molecule has 3 nitrogen and oxygen atoms in total. The predicted octanol–water partition coefficient (Wildman–Crippen LogP) is 2.64. The van der Waals surface area contributed by atoms with Crippen molar-refractivity contribution in [3.63, 3.8) is 0 Å². The summed E-state index contributed by atoms with van der Waals surface area (Å²) in [6.45, 7) is 7.17. The van der Waals surface area contributed by atoms with Crippen molar-refractivity contribution in [3.05, 3.63) is 22.8 Å². The summed E-state index contributed by atoms with van der Waals surface area (Å²) in [6.07, 6.45) is 2.82. The first-order valence-corrected chi connectivity index (χ1v) is 6.05. The van der Waals surface area contributed by atoms with Crippen LogP contribution in [0.3, 0.4) is 0 Å². The van der Waals surface area contributed by atoms with Crippen LogP contribution in [-0.4, -0.2) is 24.5 Å². The maximum atomic E-state index is 9.27. The maximum Gasteiger partial charge on any atom is 0.100 e. The van der Waals surface area contributed by atoms with Gasteiger partial charge in [0.25, 0.3) is 0 Å². The molecule has 0 heterocycles. The average Bonchev–Trinajstić information content (AvgIpc) is 2.36. The van der Waals surface area contributed by atoms with E-state index in [0.717, 1.165) is 13.0 Å². The van der Waals surface area contributed by atoms with Crippen LogP contribution in [-0.2, 0) is 0 Å². The van der Waals surface area contributed by atoms with Crippen molar-refractivity contribution in [2.45, 2.75) is 33.2 Å². The van der Waals surface area contributed by atoms with E-state index in [1.807, 2.05) is 13.1 Å². The number of rotatable bonds is 3. The minimum Gasteiger partial charge on any atom is -0.298 e. The summed E-state index contributed by atoms with van der Waals surface area (Å²) in [5.74, 6) is 0.302. The van der Waals surface area contributed by atoms with E-state index in [9.17, 15) is 5.26 Å². The standard InChI is InChI=1S/C14H19N3/c1-5-11-7-12(8-15)13(9-16)14(10(11)3)17(4)6-2/h7,10,14H,5-6H2,1-4H3/t10?,14-/m1/s1. The molecule has 0 fully saturated rings. The fourth-order valence-corrected chi connectivity index (χ4v) is 2.45. The number of hydrogen-bond donors (Lipinski definition) is 0. The van der Waals surface area contributed by atoms with Gasteiger partial charge < -0.3 is 0 Å². The number of nitriles is 2. The Labute approximate surface area is 104 Å². The molecule has 0 aromatic carbocycles. The lowest BCUT2D eigenvalue weighted by Gasteiger charge is -2.35. The fraction of sp³-hybridized carbons (Fsp3) is 0.571. The lowest BCUT2D eigenvalue weighted by molar-refractivity contribution is 0.240. The first kappa shape index (κ1) is 13.5. The first-order chi connectivity index (χ1) is 8.10. The monoisotopic (exact) mass is 229 g/mol. The molecule has 17 heavy (non-hydrogen) atoms. The van der Waals surface area contributed by atoms with Crippen molar-refractivity contribution < 1.29 is 0 Å². The van der Waals surface area contributed by atoms with Crippen molar-refractivity contribution >= 4 is 0 Å². The smallest absolute Gasteiger partial charge is 0.100 e. The minimum atomic E-state index is 0.0413. The molecular formula is C14H19N3.